The number of nitrogens with two attached hydrogens (primary N) is 1. The first-order chi connectivity index (χ1) is 14.5. The number of carbonyl (C=O) groups is 1. The summed E-state index contributed by atoms with van der Waals surface area (Å²) in [6.07, 6.45) is 5.40. The fraction of sp³-hybridized carbons (Fsp3) is 0.333. The van der Waals surface area contributed by atoms with Crippen molar-refractivity contribution in [2.75, 3.05) is 0 Å². The molecule has 4 rings (SSSR count). The number of carbonyl (C=O) groups excluding carboxylic acids is 1. The molecule has 4 nitrogen and oxygen atoms in total. The first-order valence-corrected chi connectivity index (χ1v) is 10.2. The second-order valence-electron chi connectivity index (χ2n) is 8.01. The fourth-order valence-corrected chi connectivity index (χ4v) is 5.21. The number of halogens is 3. The topological polar surface area (TPSA) is 51.9 Å². The molecule has 0 spiro atoms. The minimum absolute atomic E-state index is 0. The Morgan fingerprint density at radius 3 is 2.06 bits per heavy atom. The molecular weight excluding hydrogens is 464 g/mol. The third-order valence-electron chi connectivity index (χ3n) is 6.60. The predicted molar refractivity (Wildman–Crippen MR) is 110 cm³/mol. The van der Waals surface area contributed by atoms with Crippen molar-refractivity contribution in [3.63, 3.8) is 0 Å². The second-order valence-corrected chi connectivity index (χ2v) is 8.01. The highest BCUT2D eigenvalue weighted by molar-refractivity contribution is 5.91. The van der Waals surface area contributed by atoms with Gasteiger partial charge in [0.1, 0.15) is 23.9 Å². The van der Waals surface area contributed by atoms with E-state index in [4.69, 9.17) is 5.73 Å². The van der Waals surface area contributed by atoms with Crippen LogP contribution in [-0.2, 0) is 10.2 Å². The van der Waals surface area contributed by atoms with Gasteiger partial charge in [0.05, 0.1) is 0 Å². The molecular formula is C24H26BrF2N3O. The lowest BCUT2D eigenvalue weighted by atomic mass is 9.64. The smallest absolute Gasteiger partial charge is 0.387 e. The molecule has 31 heavy (non-hydrogen) atoms. The molecule has 1 aliphatic carbocycles. The lowest BCUT2D eigenvalue weighted by Crippen LogP contribution is -3.00. The minimum atomic E-state index is -2.57. The number of imidazole rings is 1. The summed E-state index contributed by atoms with van der Waals surface area (Å²) < 4.78 is 29.3. The third kappa shape index (κ3) is 3.91. The Bertz CT molecular complexity index is 984. The van der Waals surface area contributed by atoms with Crippen molar-refractivity contribution >= 4 is 5.91 Å². The van der Waals surface area contributed by atoms with Gasteiger partial charge in [-0.3, -0.25) is 4.79 Å². The van der Waals surface area contributed by atoms with Gasteiger partial charge < -0.3 is 22.7 Å². The maximum atomic E-state index is 13.2. The summed E-state index contributed by atoms with van der Waals surface area (Å²) in [7, 11) is 0. The van der Waals surface area contributed by atoms with Crippen LogP contribution in [0.15, 0.2) is 73.1 Å². The standard InChI is InChI=1S/C24H25F2N3O.BrH/c1-17-28(14-15-29(17)23(25)26)21-13-12-20(16-21)24(22(27)30,18-8-4-2-5-9-18)19-10-6-3-7-11-19;/h2-11,14-15,20-21,23H,12-13,16H2,1H3,(H-,27,30);1H/t20-,21-;/m1./s1. The molecule has 0 radical (unpaired) electrons. The van der Waals surface area contributed by atoms with Crippen molar-refractivity contribution in [2.24, 2.45) is 11.7 Å². The number of amides is 1. The molecule has 3 aromatic rings. The Kier molecular flexibility index (Phi) is 6.94. The number of benzene rings is 2. The van der Waals surface area contributed by atoms with E-state index in [2.05, 4.69) is 0 Å². The van der Waals surface area contributed by atoms with Gasteiger partial charge in [-0.1, -0.05) is 60.7 Å². The van der Waals surface area contributed by atoms with E-state index < -0.39 is 12.0 Å². The average molecular weight is 490 g/mol. The summed E-state index contributed by atoms with van der Waals surface area (Å²) in [6.45, 7) is -0.864. The van der Waals surface area contributed by atoms with E-state index >= 15 is 0 Å². The van der Waals surface area contributed by atoms with Crippen molar-refractivity contribution < 1.29 is 35.1 Å². The van der Waals surface area contributed by atoms with Crippen LogP contribution in [0.1, 0.15) is 48.8 Å². The van der Waals surface area contributed by atoms with E-state index in [1.165, 1.54) is 6.20 Å². The SMILES string of the molecule is Cc1n(C(F)F)cc[n+]1[C@@H]1CC[C@@H](C(C(N)=O)(c2ccccc2)c2ccccc2)C1.[Br-]. The maximum Gasteiger partial charge on any atom is 0.387 e. The summed E-state index contributed by atoms with van der Waals surface area (Å²) in [5.74, 6) is 0.101. The van der Waals surface area contributed by atoms with E-state index in [1.54, 1.807) is 13.1 Å². The lowest BCUT2D eigenvalue weighted by Gasteiger charge is -2.37. The Balaban J connectivity index is 0.00000272. The summed E-state index contributed by atoms with van der Waals surface area (Å²) in [5.41, 5.74) is 6.92. The molecule has 1 amide bonds. The zero-order valence-electron chi connectivity index (χ0n) is 17.3. The summed E-state index contributed by atoms with van der Waals surface area (Å²) in [5, 5.41) is 0. The minimum Gasteiger partial charge on any atom is -1.00 e. The molecule has 0 aliphatic heterocycles. The van der Waals surface area contributed by atoms with E-state index in [0.29, 0.717) is 12.2 Å². The van der Waals surface area contributed by atoms with Crippen LogP contribution in [0.3, 0.4) is 0 Å². The van der Waals surface area contributed by atoms with E-state index in [1.807, 2.05) is 65.2 Å². The number of aromatic nitrogens is 2. The second kappa shape index (κ2) is 9.30. The Labute approximate surface area is 191 Å². The molecule has 164 valence electrons. The van der Waals surface area contributed by atoms with Gasteiger partial charge in [0, 0.05) is 6.92 Å². The van der Waals surface area contributed by atoms with Crippen LogP contribution in [0.2, 0.25) is 0 Å². The molecule has 7 heteroatoms. The molecule has 1 fully saturated rings. The zero-order valence-corrected chi connectivity index (χ0v) is 18.9. The third-order valence-corrected chi connectivity index (χ3v) is 6.60. The van der Waals surface area contributed by atoms with Crippen molar-refractivity contribution in [3.05, 3.63) is 90.0 Å². The van der Waals surface area contributed by atoms with Crippen LogP contribution < -0.4 is 27.3 Å². The van der Waals surface area contributed by atoms with Crippen molar-refractivity contribution in [1.82, 2.24) is 4.57 Å². The van der Waals surface area contributed by atoms with Crippen LogP contribution in [0, 0.1) is 12.8 Å². The van der Waals surface area contributed by atoms with E-state index in [9.17, 15) is 13.6 Å². The number of nitrogens with zero attached hydrogens (tertiary/aromatic N) is 2. The summed E-state index contributed by atoms with van der Waals surface area (Å²) in [6, 6.07) is 19.4. The normalized spacial score (nSPS) is 18.7. The van der Waals surface area contributed by atoms with Crippen LogP contribution in [0.5, 0.6) is 0 Å². The molecule has 1 saturated carbocycles. The first kappa shape index (κ1) is 23.1. The molecule has 1 aromatic heterocycles. The van der Waals surface area contributed by atoms with Gasteiger partial charge in [-0.25, -0.2) is 4.57 Å². The van der Waals surface area contributed by atoms with Crippen LogP contribution >= 0.6 is 0 Å². The Hall–Kier alpha value is -2.54. The molecule has 1 heterocycles. The zero-order chi connectivity index (χ0) is 21.3. The number of hydrogen-bond donors (Lipinski definition) is 1. The molecule has 0 unspecified atom stereocenters. The molecule has 1 aliphatic rings. The van der Waals surface area contributed by atoms with Crippen molar-refractivity contribution in [3.8, 4) is 0 Å². The van der Waals surface area contributed by atoms with Crippen LogP contribution in [-0.4, -0.2) is 10.5 Å². The van der Waals surface area contributed by atoms with Crippen LogP contribution in [0.4, 0.5) is 8.78 Å². The van der Waals surface area contributed by atoms with Gasteiger partial charge in [0.15, 0.2) is 0 Å². The largest absolute Gasteiger partial charge is 1.00 e. The lowest BCUT2D eigenvalue weighted by molar-refractivity contribution is -0.727. The maximum absolute atomic E-state index is 13.2. The molecule has 0 saturated heterocycles. The van der Waals surface area contributed by atoms with E-state index in [0.717, 1.165) is 28.5 Å². The van der Waals surface area contributed by atoms with Crippen molar-refractivity contribution in [2.45, 2.75) is 44.2 Å². The Morgan fingerprint density at radius 1 is 1.06 bits per heavy atom. The fourth-order valence-electron chi connectivity index (χ4n) is 5.21. The van der Waals surface area contributed by atoms with Gasteiger partial charge in [0.25, 0.3) is 5.82 Å². The predicted octanol–water partition coefficient (Wildman–Crippen LogP) is 1.30. The molecule has 0 bridgehead atoms. The first-order valence-electron chi connectivity index (χ1n) is 10.2. The van der Waals surface area contributed by atoms with E-state index in [-0.39, 0.29) is 34.8 Å². The average Bonchev–Trinajstić information content (AvgIpc) is 3.37. The van der Waals surface area contributed by atoms with Gasteiger partial charge in [-0.05, 0) is 36.3 Å². The number of hydrogen-bond acceptors (Lipinski definition) is 1. The van der Waals surface area contributed by atoms with Gasteiger partial charge in [-0.15, -0.1) is 0 Å². The number of primary amides is 1. The van der Waals surface area contributed by atoms with Gasteiger partial charge in [0.2, 0.25) is 5.91 Å². The number of alkyl halides is 2. The van der Waals surface area contributed by atoms with Gasteiger partial charge >= 0.3 is 6.55 Å². The summed E-state index contributed by atoms with van der Waals surface area (Å²) in [4.78, 5) is 13.1. The highest BCUT2D eigenvalue weighted by Gasteiger charge is 2.51. The monoisotopic (exact) mass is 489 g/mol. The molecule has 2 N–H and O–H groups in total. The summed E-state index contributed by atoms with van der Waals surface area (Å²) >= 11 is 0. The van der Waals surface area contributed by atoms with Gasteiger partial charge in [-0.2, -0.15) is 13.3 Å². The highest BCUT2D eigenvalue weighted by atomic mass is 79.9. The molecule has 2 atom stereocenters. The Morgan fingerprint density at radius 2 is 1.61 bits per heavy atom. The molecule has 2 aromatic carbocycles. The highest BCUT2D eigenvalue weighted by Crippen LogP contribution is 2.48. The van der Waals surface area contributed by atoms with Crippen molar-refractivity contribution in [1.29, 1.82) is 0 Å². The van der Waals surface area contributed by atoms with Crippen LogP contribution in [0.25, 0.3) is 0 Å². The number of rotatable bonds is 6. The quantitative estimate of drug-likeness (QED) is 0.521.